The summed E-state index contributed by atoms with van der Waals surface area (Å²) < 4.78 is 18.8. The van der Waals surface area contributed by atoms with E-state index in [4.69, 9.17) is 4.74 Å². The molecule has 0 aliphatic rings. The maximum absolute atomic E-state index is 13.2. The third kappa shape index (κ3) is 4.12. The largest absolute Gasteiger partial charge is 0.493 e. The Morgan fingerprint density at radius 3 is 2.63 bits per heavy atom. The Balaban J connectivity index is 1.58. The summed E-state index contributed by atoms with van der Waals surface area (Å²) in [7, 11) is 0. The van der Waals surface area contributed by atoms with E-state index in [1.54, 1.807) is 18.2 Å². The molecular weight excluding hydrogens is 381 g/mol. The van der Waals surface area contributed by atoms with Gasteiger partial charge in [0.25, 0.3) is 5.91 Å². The van der Waals surface area contributed by atoms with Gasteiger partial charge in [0.1, 0.15) is 17.9 Å². The molecule has 0 radical (unpaired) electrons. The highest BCUT2D eigenvalue weighted by atomic mass is 19.1. The number of hydrogen-bond donors (Lipinski definition) is 1. The van der Waals surface area contributed by atoms with Crippen LogP contribution in [0, 0.1) is 5.82 Å². The fourth-order valence-corrected chi connectivity index (χ4v) is 3.29. The molecule has 0 aliphatic carbocycles. The number of nitrogens with zero attached hydrogens (tertiary/aromatic N) is 2. The van der Waals surface area contributed by atoms with E-state index in [0.717, 1.165) is 16.3 Å². The molecule has 1 heterocycles. The van der Waals surface area contributed by atoms with Crippen LogP contribution < -0.4 is 10.1 Å². The second kappa shape index (κ2) is 8.69. The van der Waals surface area contributed by atoms with Crippen molar-refractivity contribution in [2.45, 2.75) is 13.5 Å². The van der Waals surface area contributed by atoms with Gasteiger partial charge in [0.2, 0.25) is 0 Å². The highest BCUT2D eigenvalue weighted by molar-refractivity contribution is 6.09. The number of carbonyl (C=O) groups excluding carboxylic acids is 1. The Bertz CT molecular complexity index is 1190. The van der Waals surface area contributed by atoms with Crippen LogP contribution in [-0.4, -0.2) is 22.5 Å². The minimum atomic E-state index is -0.305. The highest BCUT2D eigenvalue weighted by Gasteiger charge is 2.16. The maximum Gasteiger partial charge on any atom is 0.256 e. The Kier molecular flexibility index (Phi) is 5.66. The smallest absolute Gasteiger partial charge is 0.256 e. The zero-order valence-electron chi connectivity index (χ0n) is 16.4. The molecule has 150 valence electrons. The molecule has 1 amide bonds. The summed E-state index contributed by atoms with van der Waals surface area (Å²) >= 11 is 0. The molecule has 1 N–H and O–H groups in total. The van der Waals surface area contributed by atoms with Gasteiger partial charge in [-0.05, 0) is 54.1 Å². The Labute approximate surface area is 173 Å². The number of rotatable bonds is 6. The number of halogens is 1. The first kappa shape index (κ1) is 19.5. The number of amides is 1. The molecule has 0 saturated heterocycles. The molecule has 0 unspecified atom stereocenters. The number of hydrogen-bond acceptors (Lipinski definition) is 4. The Morgan fingerprint density at radius 1 is 1.03 bits per heavy atom. The van der Waals surface area contributed by atoms with Crippen molar-refractivity contribution in [2.75, 3.05) is 6.61 Å². The third-order valence-electron chi connectivity index (χ3n) is 4.71. The van der Waals surface area contributed by atoms with Gasteiger partial charge in [0.05, 0.1) is 30.1 Å². The number of ether oxygens (including phenoxy) is 1. The van der Waals surface area contributed by atoms with Gasteiger partial charge in [0, 0.05) is 5.56 Å². The molecule has 0 aliphatic heterocycles. The van der Waals surface area contributed by atoms with Gasteiger partial charge in [-0.25, -0.2) is 14.4 Å². The average Bonchev–Trinajstić information content (AvgIpc) is 2.78. The SMILES string of the molecule is CCOc1ccc2ccccc2c1C(=O)NCc1cc(-c2ccc(F)cc2)ncn1. The van der Waals surface area contributed by atoms with E-state index in [9.17, 15) is 9.18 Å². The number of nitrogens with one attached hydrogen (secondary N) is 1. The van der Waals surface area contributed by atoms with Gasteiger partial charge in [0.15, 0.2) is 0 Å². The van der Waals surface area contributed by atoms with E-state index in [0.29, 0.717) is 29.3 Å². The first-order chi connectivity index (χ1) is 14.7. The second-order valence-electron chi connectivity index (χ2n) is 6.68. The van der Waals surface area contributed by atoms with Gasteiger partial charge in [-0.2, -0.15) is 0 Å². The van der Waals surface area contributed by atoms with Crippen LogP contribution in [0.4, 0.5) is 4.39 Å². The van der Waals surface area contributed by atoms with Crippen molar-refractivity contribution in [1.82, 2.24) is 15.3 Å². The van der Waals surface area contributed by atoms with E-state index in [1.807, 2.05) is 43.3 Å². The van der Waals surface area contributed by atoms with E-state index >= 15 is 0 Å². The summed E-state index contributed by atoms with van der Waals surface area (Å²) in [5.41, 5.74) is 2.59. The Morgan fingerprint density at radius 2 is 1.83 bits per heavy atom. The fourth-order valence-electron chi connectivity index (χ4n) is 3.29. The maximum atomic E-state index is 13.2. The van der Waals surface area contributed by atoms with Crippen LogP contribution in [-0.2, 0) is 6.54 Å². The van der Waals surface area contributed by atoms with Crippen molar-refractivity contribution in [2.24, 2.45) is 0 Å². The summed E-state index contributed by atoms with van der Waals surface area (Å²) in [6, 6.07) is 19.3. The standard InChI is InChI=1S/C24H20FN3O2/c1-2-30-22-12-9-16-5-3-4-6-20(16)23(22)24(29)26-14-19-13-21(28-15-27-19)17-7-10-18(25)11-8-17/h3-13,15H,2,14H2,1H3,(H,26,29). The molecule has 0 bridgehead atoms. The molecule has 1 aromatic heterocycles. The lowest BCUT2D eigenvalue weighted by molar-refractivity contribution is 0.0948. The monoisotopic (exact) mass is 401 g/mol. The topological polar surface area (TPSA) is 64.1 Å². The predicted molar refractivity (Wildman–Crippen MR) is 114 cm³/mol. The Hall–Kier alpha value is -3.80. The molecule has 0 fully saturated rings. The molecule has 0 spiro atoms. The fraction of sp³-hybridized carbons (Fsp3) is 0.125. The van der Waals surface area contributed by atoms with E-state index < -0.39 is 0 Å². The highest BCUT2D eigenvalue weighted by Crippen LogP contribution is 2.28. The van der Waals surface area contributed by atoms with Gasteiger partial charge < -0.3 is 10.1 Å². The molecule has 6 heteroatoms. The lowest BCUT2D eigenvalue weighted by Gasteiger charge is -2.13. The minimum absolute atomic E-state index is 0.227. The first-order valence-corrected chi connectivity index (χ1v) is 9.65. The van der Waals surface area contributed by atoms with Crippen LogP contribution in [0.5, 0.6) is 5.75 Å². The quantitative estimate of drug-likeness (QED) is 0.506. The molecule has 4 rings (SSSR count). The normalized spacial score (nSPS) is 10.7. The van der Waals surface area contributed by atoms with Gasteiger partial charge in [-0.3, -0.25) is 4.79 Å². The van der Waals surface area contributed by atoms with Crippen LogP contribution in [0.3, 0.4) is 0 Å². The molecular formula is C24H20FN3O2. The van der Waals surface area contributed by atoms with E-state index in [2.05, 4.69) is 15.3 Å². The van der Waals surface area contributed by atoms with Gasteiger partial charge >= 0.3 is 0 Å². The molecule has 4 aromatic rings. The van der Waals surface area contributed by atoms with Crippen molar-refractivity contribution < 1.29 is 13.9 Å². The zero-order valence-corrected chi connectivity index (χ0v) is 16.4. The van der Waals surface area contributed by atoms with Crippen LogP contribution in [0.25, 0.3) is 22.0 Å². The lowest BCUT2D eigenvalue weighted by Crippen LogP contribution is -2.24. The van der Waals surface area contributed by atoms with Crippen molar-refractivity contribution in [1.29, 1.82) is 0 Å². The summed E-state index contributed by atoms with van der Waals surface area (Å²) in [4.78, 5) is 21.5. The number of aromatic nitrogens is 2. The van der Waals surface area contributed by atoms with Crippen molar-refractivity contribution in [3.8, 4) is 17.0 Å². The molecule has 0 saturated carbocycles. The zero-order chi connectivity index (χ0) is 20.9. The average molecular weight is 401 g/mol. The van der Waals surface area contributed by atoms with Crippen LogP contribution in [0.2, 0.25) is 0 Å². The predicted octanol–water partition coefficient (Wildman–Crippen LogP) is 4.76. The molecule has 0 atom stereocenters. The molecule has 30 heavy (non-hydrogen) atoms. The summed E-state index contributed by atoms with van der Waals surface area (Å²) in [5, 5.41) is 4.72. The number of benzene rings is 3. The van der Waals surface area contributed by atoms with Gasteiger partial charge in [-0.15, -0.1) is 0 Å². The third-order valence-corrected chi connectivity index (χ3v) is 4.71. The van der Waals surface area contributed by atoms with Crippen LogP contribution >= 0.6 is 0 Å². The van der Waals surface area contributed by atoms with E-state index in [-0.39, 0.29) is 18.3 Å². The summed E-state index contributed by atoms with van der Waals surface area (Å²) in [6.07, 6.45) is 1.43. The number of fused-ring (bicyclic) bond motifs is 1. The second-order valence-corrected chi connectivity index (χ2v) is 6.68. The minimum Gasteiger partial charge on any atom is -0.493 e. The van der Waals surface area contributed by atoms with Crippen molar-refractivity contribution >= 4 is 16.7 Å². The lowest BCUT2D eigenvalue weighted by atomic mass is 10.0. The first-order valence-electron chi connectivity index (χ1n) is 9.65. The number of carbonyl (C=O) groups is 1. The summed E-state index contributed by atoms with van der Waals surface area (Å²) in [5.74, 6) is 0.000987. The van der Waals surface area contributed by atoms with Crippen molar-refractivity contribution in [3.63, 3.8) is 0 Å². The van der Waals surface area contributed by atoms with Crippen LogP contribution in [0.1, 0.15) is 23.0 Å². The molecule has 5 nitrogen and oxygen atoms in total. The summed E-state index contributed by atoms with van der Waals surface area (Å²) in [6.45, 7) is 2.57. The van der Waals surface area contributed by atoms with Gasteiger partial charge in [-0.1, -0.05) is 30.3 Å². The molecule has 3 aromatic carbocycles. The van der Waals surface area contributed by atoms with Crippen molar-refractivity contribution in [3.05, 3.63) is 90.1 Å². The van der Waals surface area contributed by atoms with Crippen LogP contribution in [0.15, 0.2) is 73.1 Å². The van der Waals surface area contributed by atoms with E-state index in [1.165, 1.54) is 18.5 Å².